The fraction of sp³-hybridized carbons (Fsp3) is 0.167. The minimum Gasteiger partial charge on any atom is -0.495 e. The van der Waals surface area contributed by atoms with Crippen LogP contribution in [0, 0.1) is 0 Å². The number of amidine groups is 1. The molecule has 1 N–H and O–H groups in total. The van der Waals surface area contributed by atoms with Crippen LogP contribution < -0.4 is 15.0 Å². The van der Waals surface area contributed by atoms with Crippen molar-refractivity contribution in [2.24, 2.45) is 4.99 Å². The lowest BCUT2D eigenvalue weighted by Gasteiger charge is -2.18. The second kappa shape index (κ2) is 8.32. The van der Waals surface area contributed by atoms with Crippen molar-refractivity contribution in [1.82, 2.24) is 5.32 Å². The number of amides is 2. The molecule has 1 aliphatic rings. The zero-order valence-electron chi connectivity index (χ0n) is 14.6. The zero-order chi connectivity index (χ0) is 19.4. The number of carbonyl (C=O) groups is 2. The van der Waals surface area contributed by atoms with Crippen LogP contribution in [-0.4, -0.2) is 36.9 Å². The monoisotopic (exact) mass is 405 g/mol. The molecular weight excluding hydrogens is 390 g/mol. The van der Waals surface area contributed by atoms with E-state index in [2.05, 4.69) is 10.3 Å². The van der Waals surface area contributed by atoms with E-state index in [1.54, 1.807) is 43.5 Å². The van der Waals surface area contributed by atoms with Gasteiger partial charge < -0.3 is 14.5 Å². The Kier molecular flexibility index (Phi) is 5.88. The van der Waals surface area contributed by atoms with Crippen molar-refractivity contribution in [2.45, 2.75) is 0 Å². The fourth-order valence-corrected chi connectivity index (χ4v) is 3.46. The summed E-state index contributed by atoms with van der Waals surface area (Å²) in [5.41, 5.74) is 0.730. The first-order valence-corrected chi connectivity index (χ1v) is 9.25. The Morgan fingerprint density at radius 2 is 2.26 bits per heavy atom. The van der Waals surface area contributed by atoms with E-state index in [0.717, 1.165) is 11.8 Å². The number of ether oxygens (including phenoxy) is 1. The third-order valence-corrected chi connectivity index (χ3v) is 4.89. The molecule has 1 aromatic carbocycles. The van der Waals surface area contributed by atoms with Crippen molar-refractivity contribution in [3.8, 4) is 5.75 Å². The number of methoxy groups -OCH3 is 1. The minimum absolute atomic E-state index is 0.122. The van der Waals surface area contributed by atoms with Crippen molar-refractivity contribution in [3.63, 3.8) is 0 Å². The molecule has 7 nitrogen and oxygen atoms in total. The summed E-state index contributed by atoms with van der Waals surface area (Å²) in [6.45, 7) is 0. The van der Waals surface area contributed by atoms with Crippen LogP contribution in [0.25, 0.3) is 6.08 Å². The number of hydrogen-bond acceptors (Lipinski definition) is 6. The average molecular weight is 406 g/mol. The summed E-state index contributed by atoms with van der Waals surface area (Å²) in [4.78, 5) is 30.3. The molecule has 1 aliphatic heterocycles. The molecule has 0 unspecified atom stereocenters. The number of nitrogens with zero attached hydrogens (tertiary/aromatic N) is 2. The highest BCUT2D eigenvalue weighted by Crippen LogP contribution is 2.34. The van der Waals surface area contributed by atoms with Crippen LogP contribution in [0.4, 0.5) is 5.69 Å². The summed E-state index contributed by atoms with van der Waals surface area (Å²) in [7, 11) is 3.06. The molecule has 0 saturated heterocycles. The number of nitrogens with one attached hydrogen (secondary N) is 1. The van der Waals surface area contributed by atoms with Gasteiger partial charge in [-0.3, -0.25) is 14.5 Å². The molecular formula is C18H16ClN3O4S. The van der Waals surface area contributed by atoms with Gasteiger partial charge in [-0.25, -0.2) is 4.99 Å². The van der Waals surface area contributed by atoms with Gasteiger partial charge in [0.1, 0.15) is 17.2 Å². The minimum atomic E-state index is -0.341. The first-order valence-electron chi connectivity index (χ1n) is 7.88. The number of anilines is 1. The molecule has 0 aliphatic carbocycles. The molecule has 0 radical (unpaired) electrons. The van der Waals surface area contributed by atoms with E-state index in [-0.39, 0.29) is 23.3 Å². The molecule has 0 atom stereocenters. The summed E-state index contributed by atoms with van der Waals surface area (Å²) in [6, 6.07) is 8.43. The van der Waals surface area contributed by atoms with Gasteiger partial charge in [0.25, 0.3) is 5.91 Å². The van der Waals surface area contributed by atoms with Crippen LogP contribution in [0.3, 0.4) is 0 Å². The van der Waals surface area contributed by atoms with Crippen LogP contribution in [0.2, 0.25) is 5.02 Å². The molecule has 1 aromatic heterocycles. The van der Waals surface area contributed by atoms with Gasteiger partial charge in [-0.2, -0.15) is 0 Å². The van der Waals surface area contributed by atoms with Gasteiger partial charge in [-0.15, -0.1) is 0 Å². The van der Waals surface area contributed by atoms with Gasteiger partial charge in [-0.05, 0) is 30.3 Å². The van der Waals surface area contributed by atoms with Gasteiger partial charge in [-0.1, -0.05) is 23.4 Å². The Labute approximate surface area is 165 Å². The Morgan fingerprint density at radius 3 is 2.89 bits per heavy atom. The number of carbonyl (C=O) groups excluding carboxylic acids is 2. The first-order chi connectivity index (χ1) is 13.0. The van der Waals surface area contributed by atoms with Crippen molar-refractivity contribution in [2.75, 3.05) is 24.8 Å². The summed E-state index contributed by atoms with van der Waals surface area (Å²) < 4.78 is 10.4. The standard InChI is InChI=1S/C18H16ClN3O4S/c1-20-16(23)10-27-18-21-14(9-12-4-3-7-26-12)17(24)22(18)11-5-6-15(25-2)13(19)8-11/h3-9H,10H2,1-2H3,(H,20,23)/b14-9-. The van der Waals surface area contributed by atoms with Gasteiger partial charge in [0.15, 0.2) is 5.17 Å². The van der Waals surface area contributed by atoms with Gasteiger partial charge in [0.05, 0.1) is 29.8 Å². The molecule has 2 aromatic rings. The van der Waals surface area contributed by atoms with Crippen LogP contribution in [0.5, 0.6) is 5.75 Å². The molecule has 0 bridgehead atoms. The SMILES string of the molecule is CNC(=O)CSC1=N/C(=C\c2ccco2)C(=O)N1c1ccc(OC)c(Cl)c1. The third-order valence-electron chi connectivity index (χ3n) is 3.66. The number of furan rings is 1. The van der Waals surface area contributed by atoms with Crippen molar-refractivity contribution < 1.29 is 18.7 Å². The predicted octanol–water partition coefficient (Wildman–Crippen LogP) is 3.16. The quantitative estimate of drug-likeness (QED) is 0.772. The summed E-state index contributed by atoms with van der Waals surface area (Å²) >= 11 is 7.35. The zero-order valence-corrected chi connectivity index (χ0v) is 16.1. The van der Waals surface area contributed by atoms with E-state index >= 15 is 0 Å². The maximum atomic E-state index is 12.9. The molecule has 0 fully saturated rings. The highest BCUT2D eigenvalue weighted by atomic mass is 35.5. The average Bonchev–Trinajstić information content (AvgIpc) is 3.28. The number of hydrogen-bond donors (Lipinski definition) is 1. The second-order valence-corrected chi connectivity index (χ2v) is 6.71. The van der Waals surface area contributed by atoms with E-state index in [0.29, 0.717) is 27.4 Å². The third kappa shape index (κ3) is 4.17. The second-order valence-electron chi connectivity index (χ2n) is 5.36. The van der Waals surface area contributed by atoms with Crippen LogP contribution >= 0.6 is 23.4 Å². The maximum Gasteiger partial charge on any atom is 0.283 e. The highest BCUT2D eigenvalue weighted by Gasteiger charge is 2.33. The largest absolute Gasteiger partial charge is 0.495 e. The molecule has 2 amide bonds. The maximum absolute atomic E-state index is 12.9. The molecule has 0 spiro atoms. The van der Waals surface area contributed by atoms with E-state index in [1.165, 1.54) is 18.3 Å². The Balaban J connectivity index is 1.96. The molecule has 9 heteroatoms. The highest BCUT2D eigenvalue weighted by molar-refractivity contribution is 8.14. The van der Waals surface area contributed by atoms with Gasteiger partial charge >= 0.3 is 0 Å². The van der Waals surface area contributed by atoms with E-state index in [9.17, 15) is 9.59 Å². The number of thioether (sulfide) groups is 1. The Hall–Kier alpha value is -2.71. The fourth-order valence-electron chi connectivity index (χ4n) is 2.33. The van der Waals surface area contributed by atoms with E-state index in [1.807, 2.05) is 0 Å². The lowest BCUT2D eigenvalue weighted by atomic mass is 10.2. The van der Waals surface area contributed by atoms with Gasteiger partial charge in [0, 0.05) is 13.1 Å². The van der Waals surface area contributed by atoms with Crippen molar-refractivity contribution in [1.29, 1.82) is 0 Å². The predicted molar refractivity (Wildman–Crippen MR) is 106 cm³/mol. The van der Waals surface area contributed by atoms with Crippen molar-refractivity contribution >= 4 is 52.1 Å². The van der Waals surface area contributed by atoms with E-state index < -0.39 is 0 Å². The van der Waals surface area contributed by atoms with Crippen LogP contribution in [0.1, 0.15) is 5.76 Å². The molecule has 27 heavy (non-hydrogen) atoms. The number of rotatable bonds is 5. The molecule has 3 rings (SSSR count). The summed E-state index contributed by atoms with van der Waals surface area (Å²) in [5.74, 6) is 0.609. The number of benzene rings is 1. The van der Waals surface area contributed by atoms with Crippen molar-refractivity contribution in [3.05, 3.63) is 53.1 Å². The van der Waals surface area contributed by atoms with Crippen LogP contribution in [-0.2, 0) is 9.59 Å². The lowest BCUT2D eigenvalue weighted by molar-refractivity contribution is -0.118. The Morgan fingerprint density at radius 1 is 1.44 bits per heavy atom. The smallest absolute Gasteiger partial charge is 0.283 e. The molecule has 0 saturated carbocycles. The Bertz CT molecular complexity index is 925. The summed E-state index contributed by atoms with van der Waals surface area (Å²) in [6.07, 6.45) is 3.06. The number of aliphatic imine (C=N–C) groups is 1. The molecule has 2 heterocycles. The number of halogens is 1. The lowest BCUT2D eigenvalue weighted by Crippen LogP contribution is -2.31. The van der Waals surface area contributed by atoms with Crippen LogP contribution in [0.15, 0.2) is 51.7 Å². The molecule has 140 valence electrons. The van der Waals surface area contributed by atoms with E-state index in [4.69, 9.17) is 20.8 Å². The normalized spacial score (nSPS) is 15.2. The summed E-state index contributed by atoms with van der Waals surface area (Å²) in [5, 5.41) is 3.28. The first kappa shape index (κ1) is 19.1. The topological polar surface area (TPSA) is 84.1 Å². The van der Waals surface area contributed by atoms with Gasteiger partial charge in [0.2, 0.25) is 5.91 Å².